The molecular weight excluding hydrogens is 152 g/mol. The van der Waals surface area contributed by atoms with E-state index in [4.69, 9.17) is 10.00 Å². The molecule has 0 radical (unpaired) electrons. The third-order valence-corrected chi connectivity index (χ3v) is 1.54. The molecule has 0 fully saturated rings. The largest absolute Gasteiger partial charge is 0.378 e. The highest BCUT2D eigenvalue weighted by Gasteiger charge is 2.00. The van der Waals surface area contributed by atoms with Crippen molar-refractivity contribution in [1.82, 2.24) is 0 Å². The standard InChI is InChI=1S/C9H11N2O/c1-12-6-5-11-4-2-3-9(7-10)8-11/h2-4,8H,5-6H2,1H3/q+1. The molecule has 0 aromatic carbocycles. The Morgan fingerprint density at radius 2 is 2.50 bits per heavy atom. The van der Waals surface area contributed by atoms with Gasteiger partial charge in [-0.2, -0.15) is 5.26 Å². The Labute approximate surface area is 71.8 Å². The number of rotatable bonds is 3. The molecule has 0 bridgehead atoms. The summed E-state index contributed by atoms with van der Waals surface area (Å²) in [4.78, 5) is 0. The van der Waals surface area contributed by atoms with Gasteiger partial charge in [0.25, 0.3) is 0 Å². The maximum absolute atomic E-state index is 8.59. The Morgan fingerprint density at radius 3 is 3.17 bits per heavy atom. The van der Waals surface area contributed by atoms with Gasteiger partial charge in [0.05, 0.1) is 0 Å². The summed E-state index contributed by atoms with van der Waals surface area (Å²) < 4.78 is 6.85. The van der Waals surface area contributed by atoms with Crippen molar-refractivity contribution in [2.24, 2.45) is 0 Å². The lowest BCUT2D eigenvalue weighted by molar-refractivity contribution is -0.698. The monoisotopic (exact) mass is 163 g/mol. The van der Waals surface area contributed by atoms with Crippen molar-refractivity contribution >= 4 is 0 Å². The summed E-state index contributed by atoms with van der Waals surface area (Å²) in [7, 11) is 1.66. The molecule has 12 heavy (non-hydrogen) atoms. The zero-order valence-corrected chi connectivity index (χ0v) is 7.03. The van der Waals surface area contributed by atoms with Crippen LogP contribution in [0.25, 0.3) is 0 Å². The van der Waals surface area contributed by atoms with Crippen LogP contribution in [0.2, 0.25) is 0 Å². The molecule has 1 aromatic rings. The van der Waals surface area contributed by atoms with Crippen LogP contribution in [-0.2, 0) is 11.3 Å². The molecule has 3 heteroatoms. The van der Waals surface area contributed by atoms with Gasteiger partial charge < -0.3 is 4.74 Å². The number of nitrogens with zero attached hydrogens (tertiary/aromatic N) is 2. The van der Waals surface area contributed by atoms with Gasteiger partial charge in [-0.25, -0.2) is 4.57 Å². The molecule has 0 aliphatic carbocycles. The van der Waals surface area contributed by atoms with Crippen molar-refractivity contribution in [1.29, 1.82) is 5.26 Å². The molecule has 0 atom stereocenters. The second-order valence-corrected chi connectivity index (χ2v) is 2.44. The van der Waals surface area contributed by atoms with Gasteiger partial charge in [-0.05, 0) is 6.07 Å². The summed E-state index contributed by atoms with van der Waals surface area (Å²) in [5.41, 5.74) is 0.675. The van der Waals surface area contributed by atoms with E-state index in [0.29, 0.717) is 12.2 Å². The summed E-state index contributed by atoms with van der Waals surface area (Å²) in [6.07, 6.45) is 3.72. The quantitative estimate of drug-likeness (QED) is 0.608. The van der Waals surface area contributed by atoms with Gasteiger partial charge >= 0.3 is 0 Å². The molecule has 1 heterocycles. The van der Waals surface area contributed by atoms with Crippen molar-refractivity contribution in [3.63, 3.8) is 0 Å². The summed E-state index contributed by atoms with van der Waals surface area (Å²) in [5, 5.41) is 8.59. The lowest BCUT2D eigenvalue weighted by atomic mass is 10.3. The van der Waals surface area contributed by atoms with E-state index >= 15 is 0 Å². The van der Waals surface area contributed by atoms with Crippen LogP contribution in [0.4, 0.5) is 0 Å². The molecule has 3 nitrogen and oxygen atoms in total. The number of hydrogen-bond donors (Lipinski definition) is 0. The Bertz CT molecular complexity index is 291. The fraction of sp³-hybridized carbons (Fsp3) is 0.333. The fourth-order valence-corrected chi connectivity index (χ4v) is 0.924. The Morgan fingerprint density at radius 1 is 1.67 bits per heavy atom. The number of aromatic nitrogens is 1. The zero-order valence-electron chi connectivity index (χ0n) is 7.03. The van der Waals surface area contributed by atoms with Crippen molar-refractivity contribution in [2.75, 3.05) is 13.7 Å². The highest BCUT2D eigenvalue weighted by atomic mass is 16.5. The van der Waals surface area contributed by atoms with Crippen LogP contribution in [0, 0.1) is 11.3 Å². The van der Waals surface area contributed by atoms with Gasteiger partial charge in [-0.15, -0.1) is 0 Å². The summed E-state index contributed by atoms with van der Waals surface area (Å²) in [6, 6.07) is 5.72. The van der Waals surface area contributed by atoms with Crippen molar-refractivity contribution in [2.45, 2.75) is 6.54 Å². The van der Waals surface area contributed by atoms with E-state index in [2.05, 4.69) is 6.07 Å². The van der Waals surface area contributed by atoms with Crippen LogP contribution in [0.3, 0.4) is 0 Å². The molecule has 0 aliphatic rings. The highest BCUT2D eigenvalue weighted by Crippen LogP contribution is 1.89. The molecule has 1 rings (SSSR count). The van der Waals surface area contributed by atoms with E-state index in [0.717, 1.165) is 6.54 Å². The summed E-state index contributed by atoms with van der Waals surface area (Å²) in [6.45, 7) is 1.45. The molecule has 0 saturated heterocycles. The molecular formula is C9H11N2O+. The molecule has 62 valence electrons. The minimum absolute atomic E-state index is 0.666. The minimum atomic E-state index is 0.666. The van der Waals surface area contributed by atoms with E-state index in [1.807, 2.05) is 16.8 Å². The van der Waals surface area contributed by atoms with E-state index in [1.54, 1.807) is 19.4 Å². The smallest absolute Gasteiger partial charge is 0.186 e. The van der Waals surface area contributed by atoms with Gasteiger partial charge in [0.2, 0.25) is 0 Å². The second-order valence-electron chi connectivity index (χ2n) is 2.44. The van der Waals surface area contributed by atoms with Crippen LogP contribution in [-0.4, -0.2) is 13.7 Å². The molecule has 0 amide bonds. The molecule has 0 saturated carbocycles. The van der Waals surface area contributed by atoms with Crippen molar-refractivity contribution in [3.8, 4) is 6.07 Å². The Kier molecular flexibility index (Phi) is 3.24. The third kappa shape index (κ3) is 2.33. The van der Waals surface area contributed by atoms with Crippen LogP contribution < -0.4 is 4.57 Å². The number of nitriles is 1. The summed E-state index contributed by atoms with van der Waals surface area (Å²) >= 11 is 0. The second kappa shape index (κ2) is 4.47. The predicted octanol–water partition coefficient (Wildman–Crippen LogP) is 0.492. The fourth-order valence-electron chi connectivity index (χ4n) is 0.924. The Hall–Kier alpha value is -1.40. The first-order valence-corrected chi connectivity index (χ1v) is 3.75. The summed E-state index contributed by atoms with van der Waals surface area (Å²) in [5.74, 6) is 0. The van der Waals surface area contributed by atoms with Gasteiger partial charge in [0.15, 0.2) is 18.9 Å². The van der Waals surface area contributed by atoms with Crippen molar-refractivity contribution < 1.29 is 9.30 Å². The zero-order chi connectivity index (χ0) is 8.81. The maximum Gasteiger partial charge on any atom is 0.186 e. The van der Waals surface area contributed by atoms with E-state index in [1.165, 1.54) is 0 Å². The molecule has 0 spiro atoms. The van der Waals surface area contributed by atoms with E-state index in [9.17, 15) is 0 Å². The van der Waals surface area contributed by atoms with Crippen LogP contribution in [0.5, 0.6) is 0 Å². The topological polar surface area (TPSA) is 36.9 Å². The highest BCUT2D eigenvalue weighted by molar-refractivity contribution is 5.21. The van der Waals surface area contributed by atoms with Gasteiger partial charge in [-0.1, -0.05) is 0 Å². The predicted molar refractivity (Wildman–Crippen MR) is 43.2 cm³/mol. The third-order valence-electron chi connectivity index (χ3n) is 1.54. The van der Waals surface area contributed by atoms with Crippen LogP contribution in [0.1, 0.15) is 5.56 Å². The van der Waals surface area contributed by atoms with Gasteiger partial charge in [-0.3, -0.25) is 0 Å². The number of methoxy groups -OCH3 is 1. The van der Waals surface area contributed by atoms with E-state index in [-0.39, 0.29) is 0 Å². The van der Waals surface area contributed by atoms with Crippen molar-refractivity contribution in [3.05, 3.63) is 30.1 Å². The number of hydrogen-bond acceptors (Lipinski definition) is 2. The SMILES string of the molecule is COCC[n+]1cccc(C#N)c1. The average molecular weight is 163 g/mol. The van der Waals surface area contributed by atoms with E-state index < -0.39 is 0 Å². The first kappa shape index (κ1) is 8.69. The lowest BCUT2D eigenvalue weighted by Crippen LogP contribution is -2.35. The maximum atomic E-state index is 8.59. The van der Waals surface area contributed by atoms with Gasteiger partial charge in [0, 0.05) is 13.2 Å². The van der Waals surface area contributed by atoms with Gasteiger partial charge in [0.1, 0.15) is 18.2 Å². The Balaban J connectivity index is 2.68. The lowest BCUT2D eigenvalue weighted by Gasteiger charge is -1.94. The number of ether oxygens (including phenoxy) is 1. The molecule has 0 aliphatic heterocycles. The normalized spacial score (nSPS) is 9.33. The molecule has 1 aromatic heterocycles. The van der Waals surface area contributed by atoms with Crippen LogP contribution >= 0.6 is 0 Å². The van der Waals surface area contributed by atoms with Crippen LogP contribution in [0.15, 0.2) is 24.5 Å². The number of pyridine rings is 1. The minimum Gasteiger partial charge on any atom is -0.378 e. The molecule has 0 N–H and O–H groups in total. The first-order valence-electron chi connectivity index (χ1n) is 3.75. The average Bonchev–Trinajstić information content (AvgIpc) is 2.15. The molecule has 0 unspecified atom stereocenters. The first-order chi connectivity index (χ1) is 5.86.